The van der Waals surface area contributed by atoms with Gasteiger partial charge >= 0.3 is 5.97 Å². The van der Waals surface area contributed by atoms with Crippen LogP contribution in [-0.2, 0) is 17.9 Å². The van der Waals surface area contributed by atoms with Gasteiger partial charge in [-0.15, -0.1) is 0 Å². The number of nitrogens with zero attached hydrogens (tertiary/aromatic N) is 3. The molecule has 0 bridgehead atoms. The molecule has 1 aromatic carbocycles. The molecule has 0 amide bonds. The Morgan fingerprint density at radius 2 is 2.14 bits per heavy atom. The van der Waals surface area contributed by atoms with Crippen molar-refractivity contribution >= 4 is 5.97 Å². The third-order valence-corrected chi connectivity index (χ3v) is 3.60. The molecule has 1 unspecified atom stereocenters. The second-order valence-corrected chi connectivity index (χ2v) is 5.22. The van der Waals surface area contributed by atoms with E-state index in [-0.39, 0.29) is 0 Å². The molecule has 21 heavy (non-hydrogen) atoms. The van der Waals surface area contributed by atoms with Crippen molar-refractivity contribution in [2.45, 2.75) is 33.0 Å². The summed E-state index contributed by atoms with van der Waals surface area (Å²) in [6.45, 7) is 5.32. The van der Waals surface area contributed by atoms with Crippen LogP contribution in [-0.4, -0.2) is 32.8 Å². The van der Waals surface area contributed by atoms with E-state index in [1.807, 2.05) is 60.9 Å². The summed E-state index contributed by atoms with van der Waals surface area (Å²) in [5.74, 6) is -0.838. The summed E-state index contributed by atoms with van der Waals surface area (Å²) in [7, 11) is 1.83. The summed E-state index contributed by atoms with van der Waals surface area (Å²) in [6.07, 6.45) is 3.74. The molecule has 1 heterocycles. The number of aryl methyl sites for hydroxylation is 2. The maximum absolute atomic E-state index is 11.7. The average molecular weight is 287 g/mol. The SMILES string of the molecule is CCn1cc(CN(C)C(C(=O)O)c2ccccc2C)cn1. The van der Waals surface area contributed by atoms with Gasteiger partial charge in [-0.25, -0.2) is 0 Å². The maximum atomic E-state index is 11.7. The maximum Gasteiger partial charge on any atom is 0.325 e. The fraction of sp³-hybridized carbons (Fsp3) is 0.375. The second-order valence-electron chi connectivity index (χ2n) is 5.22. The lowest BCUT2D eigenvalue weighted by atomic mass is 10.00. The van der Waals surface area contributed by atoms with Crippen LogP contribution in [0.2, 0.25) is 0 Å². The Hall–Kier alpha value is -2.14. The number of carboxylic acids is 1. The standard InChI is InChI=1S/C16H21N3O2/c1-4-19-11-13(9-17-19)10-18(3)15(16(20)21)14-8-6-5-7-12(14)2/h5-9,11,15H,4,10H2,1-3H3,(H,20,21). The van der Waals surface area contributed by atoms with E-state index < -0.39 is 12.0 Å². The molecule has 1 atom stereocenters. The van der Waals surface area contributed by atoms with Crippen LogP contribution in [0, 0.1) is 6.92 Å². The summed E-state index contributed by atoms with van der Waals surface area (Å²) < 4.78 is 1.84. The molecule has 2 aromatic rings. The molecule has 1 aromatic heterocycles. The van der Waals surface area contributed by atoms with Crippen molar-refractivity contribution in [2.75, 3.05) is 7.05 Å². The monoisotopic (exact) mass is 287 g/mol. The minimum absolute atomic E-state index is 0.547. The lowest BCUT2D eigenvalue weighted by Gasteiger charge is -2.25. The summed E-state index contributed by atoms with van der Waals surface area (Å²) >= 11 is 0. The van der Waals surface area contributed by atoms with Crippen LogP contribution in [0.5, 0.6) is 0 Å². The van der Waals surface area contributed by atoms with Crippen LogP contribution < -0.4 is 0 Å². The molecule has 0 spiro atoms. The van der Waals surface area contributed by atoms with Gasteiger partial charge in [-0.2, -0.15) is 5.10 Å². The van der Waals surface area contributed by atoms with E-state index in [4.69, 9.17) is 0 Å². The normalized spacial score (nSPS) is 12.6. The average Bonchev–Trinajstić information content (AvgIpc) is 2.88. The molecule has 5 heteroatoms. The highest BCUT2D eigenvalue weighted by Crippen LogP contribution is 2.24. The number of aromatic nitrogens is 2. The van der Waals surface area contributed by atoms with Crippen LogP contribution >= 0.6 is 0 Å². The molecular formula is C16H21N3O2. The highest BCUT2D eigenvalue weighted by atomic mass is 16.4. The molecule has 0 saturated carbocycles. The van der Waals surface area contributed by atoms with Crippen molar-refractivity contribution in [3.63, 3.8) is 0 Å². The minimum atomic E-state index is -0.838. The van der Waals surface area contributed by atoms with E-state index >= 15 is 0 Å². The Labute approximate surface area is 124 Å². The van der Waals surface area contributed by atoms with Gasteiger partial charge < -0.3 is 5.11 Å². The van der Waals surface area contributed by atoms with Crippen LogP contribution in [0.3, 0.4) is 0 Å². The van der Waals surface area contributed by atoms with Gasteiger partial charge in [0.15, 0.2) is 0 Å². The number of benzene rings is 1. The molecule has 0 aliphatic heterocycles. The minimum Gasteiger partial charge on any atom is -0.480 e. The van der Waals surface area contributed by atoms with E-state index in [1.54, 1.807) is 6.20 Å². The topological polar surface area (TPSA) is 58.4 Å². The molecule has 0 saturated heterocycles. The van der Waals surface area contributed by atoms with E-state index in [9.17, 15) is 9.90 Å². The molecule has 1 N–H and O–H groups in total. The van der Waals surface area contributed by atoms with Crippen LogP contribution in [0.4, 0.5) is 0 Å². The van der Waals surface area contributed by atoms with Gasteiger partial charge in [-0.3, -0.25) is 14.4 Å². The van der Waals surface area contributed by atoms with E-state index in [0.29, 0.717) is 6.54 Å². The first-order chi connectivity index (χ1) is 10.0. The van der Waals surface area contributed by atoms with Crippen molar-refractivity contribution in [3.05, 3.63) is 53.3 Å². The number of hydrogen-bond donors (Lipinski definition) is 1. The fourth-order valence-electron chi connectivity index (χ4n) is 2.49. The van der Waals surface area contributed by atoms with E-state index in [1.165, 1.54) is 0 Å². The first-order valence-corrected chi connectivity index (χ1v) is 7.02. The van der Waals surface area contributed by atoms with Crippen molar-refractivity contribution < 1.29 is 9.90 Å². The zero-order valence-electron chi connectivity index (χ0n) is 12.7. The van der Waals surface area contributed by atoms with Gasteiger partial charge in [0, 0.05) is 24.8 Å². The number of aliphatic carboxylic acids is 1. The summed E-state index contributed by atoms with van der Waals surface area (Å²) in [5.41, 5.74) is 2.83. The zero-order chi connectivity index (χ0) is 15.4. The van der Waals surface area contributed by atoms with Gasteiger partial charge in [0.05, 0.1) is 6.20 Å². The lowest BCUT2D eigenvalue weighted by Crippen LogP contribution is -2.31. The van der Waals surface area contributed by atoms with E-state index in [0.717, 1.165) is 23.2 Å². The van der Waals surface area contributed by atoms with Crippen molar-refractivity contribution in [1.82, 2.24) is 14.7 Å². The highest BCUT2D eigenvalue weighted by Gasteiger charge is 2.26. The fourth-order valence-corrected chi connectivity index (χ4v) is 2.49. The van der Waals surface area contributed by atoms with Gasteiger partial charge in [0.1, 0.15) is 6.04 Å². The van der Waals surface area contributed by atoms with Crippen molar-refractivity contribution in [2.24, 2.45) is 0 Å². The molecule has 0 fully saturated rings. The molecule has 2 rings (SSSR count). The first-order valence-electron chi connectivity index (χ1n) is 7.02. The molecule has 0 aliphatic rings. The number of rotatable bonds is 6. The van der Waals surface area contributed by atoms with Crippen molar-refractivity contribution in [1.29, 1.82) is 0 Å². The third-order valence-electron chi connectivity index (χ3n) is 3.60. The summed E-state index contributed by atoms with van der Waals surface area (Å²) in [6, 6.07) is 6.95. The van der Waals surface area contributed by atoms with Gasteiger partial charge in [-0.05, 0) is 32.0 Å². The smallest absolute Gasteiger partial charge is 0.325 e. The molecule has 0 radical (unpaired) electrons. The van der Waals surface area contributed by atoms with Crippen LogP contribution in [0.25, 0.3) is 0 Å². The predicted molar refractivity (Wildman–Crippen MR) is 80.9 cm³/mol. The Balaban J connectivity index is 2.22. The summed E-state index contributed by atoms with van der Waals surface area (Å²) in [4.78, 5) is 13.5. The zero-order valence-corrected chi connectivity index (χ0v) is 12.7. The highest BCUT2D eigenvalue weighted by molar-refractivity contribution is 5.76. The lowest BCUT2D eigenvalue weighted by molar-refractivity contribution is -0.143. The Morgan fingerprint density at radius 1 is 1.43 bits per heavy atom. The predicted octanol–water partition coefficient (Wildman–Crippen LogP) is 2.47. The molecule has 5 nitrogen and oxygen atoms in total. The number of likely N-dealkylation sites (N-methyl/N-ethyl adjacent to an activating group) is 1. The largest absolute Gasteiger partial charge is 0.480 e. The Morgan fingerprint density at radius 3 is 2.71 bits per heavy atom. The quantitative estimate of drug-likeness (QED) is 0.886. The Kier molecular flexibility index (Phi) is 4.75. The second kappa shape index (κ2) is 6.54. The van der Waals surface area contributed by atoms with Crippen molar-refractivity contribution in [3.8, 4) is 0 Å². The molecular weight excluding hydrogens is 266 g/mol. The van der Waals surface area contributed by atoms with Gasteiger partial charge in [0.2, 0.25) is 0 Å². The van der Waals surface area contributed by atoms with Gasteiger partial charge in [-0.1, -0.05) is 24.3 Å². The Bertz CT molecular complexity index is 621. The number of carboxylic acid groups (broad SMARTS) is 1. The van der Waals surface area contributed by atoms with Gasteiger partial charge in [0.25, 0.3) is 0 Å². The third kappa shape index (κ3) is 3.49. The van der Waals surface area contributed by atoms with E-state index in [2.05, 4.69) is 5.10 Å². The number of hydrogen-bond acceptors (Lipinski definition) is 3. The van der Waals surface area contributed by atoms with Crippen LogP contribution in [0.15, 0.2) is 36.7 Å². The molecule has 112 valence electrons. The first kappa shape index (κ1) is 15.3. The number of carbonyl (C=O) groups is 1. The molecule has 0 aliphatic carbocycles. The van der Waals surface area contributed by atoms with Crippen LogP contribution in [0.1, 0.15) is 29.7 Å². The summed E-state index contributed by atoms with van der Waals surface area (Å²) in [5, 5.41) is 13.8.